The van der Waals surface area contributed by atoms with Crippen molar-refractivity contribution in [3.8, 4) is 11.4 Å². The zero-order valence-corrected chi connectivity index (χ0v) is 19.8. The van der Waals surface area contributed by atoms with Crippen molar-refractivity contribution in [3.05, 3.63) is 77.4 Å². The van der Waals surface area contributed by atoms with Crippen molar-refractivity contribution in [1.82, 2.24) is 14.9 Å². The molecule has 1 fully saturated rings. The average Bonchev–Trinajstić information content (AvgIpc) is 3.61. The normalized spacial score (nSPS) is 14.9. The van der Waals surface area contributed by atoms with Gasteiger partial charge >= 0.3 is 5.97 Å². The van der Waals surface area contributed by atoms with Crippen molar-refractivity contribution < 1.29 is 29.3 Å². The summed E-state index contributed by atoms with van der Waals surface area (Å²) in [7, 11) is 0. The summed E-state index contributed by atoms with van der Waals surface area (Å²) in [5.74, 6) is -1.17. The topological polar surface area (TPSA) is 125 Å². The number of imidazole rings is 1. The molecule has 8 nitrogen and oxygen atoms in total. The Balaban J connectivity index is 1.60. The molecule has 1 heterocycles. The first kappa shape index (κ1) is 25.5. The molecule has 0 unspecified atom stereocenters. The highest BCUT2D eigenvalue weighted by molar-refractivity contribution is 5.94. The molecule has 0 spiro atoms. The van der Waals surface area contributed by atoms with Crippen molar-refractivity contribution in [2.45, 2.75) is 63.3 Å². The fourth-order valence-electron chi connectivity index (χ4n) is 4.31. The molecular formula is C27H30FN3O5. The number of aromatic nitrogens is 2. The highest BCUT2D eigenvalue weighted by atomic mass is 19.1. The number of hydrogen-bond donors (Lipinski definition) is 4. The van der Waals surface area contributed by atoms with Crippen LogP contribution in [0.4, 0.5) is 4.39 Å². The first-order valence-corrected chi connectivity index (χ1v) is 12.1. The van der Waals surface area contributed by atoms with E-state index in [9.17, 15) is 24.2 Å². The fourth-order valence-corrected chi connectivity index (χ4v) is 4.31. The first-order valence-electron chi connectivity index (χ1n) is 12.1. The lowest BCUT2D eigenvalue weighted by molar-refractivity contribution is -0.139. The average molecular weight is 496 g/mol. The van der Waals surface area contributed by atoms with Gasteiger partial charge in [0.25, 0.3) is 5.91 Å². The molecule has 4 N–H and O–H groups in total. The monoisotopic (exact) mass is 495 g/mol. The third-order valence-electron chi connectivity index (χ3n) is 6.22. The lowest BCUT2D eigenvalue weighted by Crippen LogP contribution is -2.25. The number of halogens is 1. The van der Waals surface area contributed by atoms with Gasteiger partial charge in [-0.1, -0.05) is 30.3 Å². The van der Waals surface area contributed by atoms with Gasteiger partial charge in [-0.25, -0.2) is 9.37 Å². The molecule has 1 amide bonds. The minimum atomic E-state index is -1.15. The number of nitrogens with one attached hydrogen (secondary N) is 1. The van der Waals surface area contributed by atoms with Crippen LogP contribution in [0.5, 0.6) is 0 Å². The Morgan fingerprint density at radius 1 is 1.06 bits per heavy atom. The molecule has 4 rings (SSSR count). The van der Waals surface area contributed by atoms with E-state index >= 15 is 0 Å². The van der Waals surface area contributed by atoms with Crippen LogP contribution >= 0.6 is 0 Å². The Morgan fingerprint density at radius 2 is 1.75 bits per heavy atom. The second-order valence-electron chi connectivity index (χ2n) is 9.20. The van der Waals surface area contributed by atoms with Crippen LogP contribution in [0.1, 0.15) is 59.8 Å². The number of carboxylic acids is 1. The Morgan fingerprint density at radius 3 is 2.39 bits per heavy atom. The van der Waals surface area contributed by atoms with Crippen molar-refractivity contribution in [3.63, 3.8) is 0 Å². The molecule has 0 saturated heterocycles. The summed E-state index contributed by atoms with van der Waals surface area (Å²) in [4.78, 5) is 28.7. The highest BCUT2D eigenvalue weighted by Gasteiger charge is 2.35. The molecule has 1 aromatic heterocycles. The standard InChI is InChI=1S/C27H30FN3O5/c28-20-10-8-19(9-11-20)26-30-24(27(36)29-16-17-4-2-1-3-5-17)25(18-6-7-18)31(26)13-12-21(32)14-22(33)15-23(34)35/h1-5,8-11,18,21-22,32-33H,6-7,12-16H2,(H,29,36)(H,34,35)/t21-,22-/m1/s1. The van der Waals surface area contributed by atoms with Gasteiger partial charge in [-0.15, -0.1) is 0 Å². The number of carboxylic acid groups (broad SMARTS) is 1. The van der Waals surface area contributed by atoms with Gasteiger partial charge < -0.3 is 25.2 Å². The third-order valence-corrected chi connectivity index (χ3v) is 6.22. The van der Waals surface area contributed by atoms with Gasteiger partial charge in [-0.3, -0.25) is 9.59 Å². The molecule has 0 radical (unpaired) electrons. The van der Waals surface area contributed by atoms with Gasteiger partial charge in [0.15, 0.2) is 0 Å². The highest BCUT2D eigenvalue weighted by Crippen LogP contribution is 2.43. The maximum Gasteiger partial charge on any atom is 0.305 e. The molecule has 2 aromatic carbocycles. The number of amides is 1. The Kier molecular flexibility index (Phi) is 8.12. The minimum absolute atomic E-state index is 0.0734. The van der Waals surface area contributed by atoms with Crippen LogP contribution in [0.3, 0.4) is 0 Å². The van der Waals surface area contributed by atoms with Gasteiger partial charge in [0, 0.05) is 24.6 Å². The van der Waals surface area contributed by atoms with Gasteiger partial charge in [0.1, 0.15) is 17.3 Å². The molecule has 1 saturated carbocycles. The van der Waals surface area contributed by atoms with E-state index in [0.29, 0.717) is 30.2 Å². The van der Waals surface area contributed by atoms with Crippen molar-refractivity contribution in [2.24, 2.45) is 0 Å². The van der Waals surface area contributed by atoms with E-state index < -0.39 is 24.6 Å². The largest absolute Gasteiger partial charge is 0.481 e. The zero-order chi connectivity index (χ0) is 25.7. The summed E-state index contributed by atoms with van der Waals surface area (Å²) < 4.78 is 15.5. The maximum absolute atomic E-state index is 13.6. The number of benzene rings is 2. The van der Waals surface area contributed by atoms with E-state index in [1.165, 1.54) is 12.1 Å². The van der Waals surface area contributed by atoms with Crippen LogP contribution in [0.25, 0.3) is 11.4 Å². The van der Waals surface area contributed by atoms with Crippen molar-refractivity contribution >= 4 is 11.9 Å². The van der Waals surface area contributed by atoms with Gasteiger partial charge in [0.05, 0.1) is 24.3 Å². The van der Waals surface area contributed by atoms with Crippen LogP contribution in [0, 0.1) is 5.82 Å². The Bertz CT molecular complexity index is 1190. The van der Waals surface area contributed by atoms with Crippen LogP contribution in [-0.2, 0) is 17.9 Å². The molecule has 1 aliphatic carbocycles. The predicted molar refractivity (Wildman–Crippen MR) is 131 cm³/mol. The Labute approximate surface area is 208 Å². The second-order valence-corrected chi connectivity index (χ2v) is 9.20. The Hall–Kier alpha value is -3.56. The maximum atomic E-state index is 13.6. The van der Waals surface area contributed by atoms with E-state index in [2.05, 4.69) is 10.3 Å². The smallest absolute Gasteiger partial charge is 0.305 e. The number of hydrogen-bond acceptors (Lipinski definition) is 5. The molecule has 9 heteroatoms. The predicted octanol–water partition coefficient (Wildman–Crippen LogP) is 3.47. The number of aliphatic hydroxyl groups is 2. The molecule has 2 atom stereocenters. The van der Waals surface area contributed by atoms with Crippen LogP contribution in [0.15, 0.2) is 54.6 Å². The van der Waals surface area contributed by atoms with Gasteiger partial charge in [0.2, 0.25) is 0 Å². The molecule has 0 bridgehead atoms. The van der Waals surface area contributed by atoms with E-state index in [1.54, 1.807) is 12.1 Å². The minimum Gasteiger partial charge on any atom is -0.481 e. The lowest BCUT2D eigenvalue weighted by atomic mass is 10.1. The van der Waals surface area contributed by atoms with E-state index in [-0.39, 0.29) is 30.5 Å². The number of aliphatic carboxylic acids is 1. The molecule has 36 heavy (non-hydrogen) atoms. The number of rotatable bonds is 12. The summed E-state index contributed by atoms with van der Waals surface area (Å²) >= 11 is 0. The fraction of sp³-hybridized carbons (Fsp3) is 0.370. The summed E-state index contributed by atoms with van der Waals surface area (Å²) in [6.07, 6.45) is -0.561. The number of nitrogens with zero attached hydrogens (tertiary/aromatic N) is 2. The van der Waals surface area contributed by atoms with Gasteiger partial charge in [-0.2, -0.15) is 0 Å². The number of aliphatic hydroxyl groups excluding tert-OH is 2. The number of carbonyl (C=O) groups excluding carboxylic acids is 1. The van der Waals surface area contributed by atoms with E-state index in [0.717, 1.165) is 24.1 Å². The SMILES string of the molecule is O=C(O)C[C@H](O)C[C@H](O)CCn1c(-c2ccc(F)cc2)nc(C(=O)NCc2ccccc2)c1C1CC1. The van der Waals surface area contributed by atoms with Crippen molar-refractivity contribution in [1.29, 1.82) is 0 Å². The third kappa shape index (κ3) is 6.56. The van der Waals surface area contributed by atoms with Crippen LogP contribution in [0.2, 0.25) is 0 Å². The number of carbonyl (C=O) groups is 2. The summed E-state index contributed by atoms with van der Waals surface area (Å²) in [5.41, 5.74) is 2.69. The molecule has 1 aliphatic rings. The van der Waals surface area contributed by atoms with Crippen LogP contribution < -0.4 is 5.32 Å². The summed E-state index contributed by atoms with van der Waals surface area (Å²) in [6.45, 7) is 0.654. The van der Waals surface area contributed by atoms with Crippen LogP contribution in [-0.4, -0.2) is 49.0 Å². The summed E-state index contributed by atoms with van der Waals surface area (Å²) in [6, 6.07) is 15.4. The molecule has 0 aliphatic heterocycles. The lowest BCUT2D eigenvalue weighted by Gasteiger charge is -2.17. The van der Waals surface area contributed by atoms with Crippen molar-refractivity contribution in [2.75, 3.05) is 0 Å². The summed E-state index contributed by atoms with van der Waals surface area (Å²) in [5, 5.41) is 32.1. The van der Waals surface area contributed by atoms with E-state index in [4.69, 9.17) is 5.11 Å². The second kappa shape index (κ2) is 11.5. The van der Waals surface area contributed by atoms with E-state index in [1.807, 2.05) is 34.9 Å². The van der Waals surface area contributed by atoms with Gasteiger partial charge in [-0.05, 0) is 55.5 Å². The molecular weight excluding hydrogens is 465 g/mol. The molecule has 3 aromatic rings. The molecule has 190 valence electrons. The quantitative estimate of drug-likeness (QED) is 0.305. The zero-order valence-electron chi connectivity index (χ0n) is 19.8. The first-order chi connectivity index (χ1) is 17.3.